The van der Waals surface area contributed by atoms with Crippen LogP contribution in [0.3, 0.4) is 0 Å². The third kappa shape index (κ3) is 9.14. The van der Waals surface area contributed by atoms with Gasteiger partial charge in [0.2, 0.25) is 0 Å². The van der Waals surface area contributed by atoms with E-state index in [1.807, 2.05) is 6.92 Å². The summed E-state index contributed by atoms with van der Waals surface area (Å²) in [6, 6.07) is 0.517. The molecule has 0 saturated carbocycles. The SMILES string of the molecule is CCC[C@H]1C[C@@H]2CC[C@@H](O2)[C@H](C)C(=O)O[C@@H]([C@H](C)[C@H]2CC[C@@H](C[C@@H](CCC)N(C)C)O2)C[C@@H]2CC[C@H](CC(=O)O1)O2. The van der Waals surface area contributed by atoms with E-state index in [0.29, 0.717) is 18.9 Å². The van der Waals surface area contributed by atoms with Gasteiger partial charge in [0.05, 0.1) is 49.0 Å². The Balaban J connectivity index is 1.44. The van der Waals surface area contributed by atoms with Gasteiger partial charge in [0, 0.05) is 24.8 Å². The second kappa shape index (κ2) is 15.5. The van der Waals surface area contributed by atoms with E-state index in [-0.39, 0.29) is 79.0 Å². The number of hydrogen-bond acceptors (Lipinski definition) is 8. The van der Waals surface area contributed by atoms with Crippen LogP contribution in [0.2, 0.25) is 0 Å². The standard InChI is InChI=1S/C33H57NO7/c1-7-9-23(34(5)6)17-25-13-15-29(38-25)21(3)31-19-27-11-12-28(37-27)20-32(35)40-24(10-8-2)18-26-14-16-30(39-26)22(4)33(36)41-31/h21-31H,7-20H2,1-6H3/t21-,22+,23-,24+,25+,26+,27+,28-,29-,30-,31-/m1/s1. The first-order valence-electron chi connectivity index (χ1n) is 16.7. The highest BCUT2D eigenvalue weighted by Gasteiger charge is 2.42. The highest BCUT2D eigenvalue weighted by molar-refractivity contribution is 5.73. The van der Waals surface area contributed by atoms with Crippen molar-refractivity contribution in [2.75, 3.05) is 14.1 Å². The molecule has 4 aliphatic rings. The molecule has 0 aromatic rings. The van der Waals surface area contributed by atoms with Crippen LogP contribution in [-0.4, -0.2) is 85.8 Å². The summed E-state index contributed by atoms with van der Waals surface area (Å²) in [4.78, 5) is 28.7. The zero-order chi connectivity index (χ0) is 29.5. The van der Waals surface area contributed by atoms with E-state index >= 15 is 0 Å². The van der Waals surface area contributed by atoms with Crippen LogP contribution < -0.4 is 0 Å². The predicted octanol–water partition coefficient (Wildman–Crippen LogP) is 5.83. The Morgan fingerprint density at radius 3 is 2.27 bits per heavy atom. The van der Waals surface area contributed by atoms with Crippen LogP contribution in [0, 0.1) is 11.8 Å². The fraction of sp³-hybridized carbons (Fsp3) is 0.939. The van der Waals surface area contributed by atoms with Gasteiger partial charge in [-0.15, -0.1) is 0 Å². The van der Waals surface area contributed by atoms with Crippen LogP contribution in [0.1, 0.15) is 118 Å². The third-order valence-electron chi connectivity index (χ3n) is 10.1. The normalized spacial score (nSPS) is 38.6. The molecule has 0 aromatic heterocycles. The molecule has 0 radical (unpaired) electrons. The van der Waals surface area contributed by atoms with Crippen LogP contribution in [-0.2, 0) is 33.3 Å². The average molecular weight is 580 g/mol. The van der Waals surface area contributed by atoms with Crippen molar-refractivity contribution in [1.29, 1.82) is 0 Å². The minimum atomic E-state index is -0.348. The number of carbonyl (C=O) groups is 2. The third-order valence-corrected chi connectivity index (χ3v) is 10.1. The molecule has 0 amide bonds. The van der Waals surface area contributed by atoms with Crippen molar-refractivity contribution in [3.05, 3.63) is 0 Å². The molecule has 4 fully saturated rings. The minimum absolute atomic E-state index is 0.00291. The molecule has 8 heteroatoms. The van der Waals surface area contributed by atoms with Crippen LogP contribution >= 0.6 is 0 Å². The zero-order valence-corrected chi connectivity index (χ0v) is 26.6. The average Bonchev–Trinajstić information content (AvgIpc) is 3.68. The molecule has 4 rings (SSSR count). The second-order valence-corrected chi connectivity index (χ2v) is 13.5. The largest absolute Gasteiger partial charge is 0.462 e. The lowest BCUT2D eigenvalue weighted by Gasteiger charge is -2.32. The summed E-state index contributed by atoms with van der Waals surface area (Å²) in [5.41, 5.74) is 0. The van der Waals surface area contributed by atoms with Gasteiger partial charge in [-0.1, -0.05) is 33.6 Å². The maximum Gasteiger partial charge on any atom is 0.311 e. The molecule has 0 N–H and O–H groups in total. The topological polar surface area (TPSA) is 83.5 Å². The Morgan fingerprint density at radius 2 is 1.54 bits per heavy atom. The highest BCUT2D eigenvalue weighted by atomic mass is 16.6. The molecule has 0 spiro atoms. The van der Waals surface area contributed by atoms with Crippen molar-refractivity contribution >= 4 is 11.9 Å². The molecule has 8 nitrogen and oxygen atoms in total. The number of cyclic esters (lactones) is 2. The monoisotopic (exact) mass is 579 g/mol. The van der Waals surface area contributed by atoms with Crippen molar-refractivity contribution in [2.24, 2.45) is 11.8 Å². The number of carbonyl (C=O) groups excluding carboxylic acids is 2. The summed E-state index contributed by atoms with van der Waals surface area (Å²) in [6.45, 7) is 8.45. The van der Waals surface area contributed by atoms with Gasteiger partial charge in [-0.2, -0.15) is 0 Å². The summed E-state index contributed by atoms with van der Waals surface area (Å²) in [5, 5.41) is 0. The maximum atomic E-state index is 13.5. The molecular weight excluding hydrogens is 522 g/mol. The molecule has 4 bridgehead atoms. The molecule has 11 atom stereocenters. The van der Waals surface area contributed by atoms with Crippen molar-refractivity contribution in [3.63, 3.8) is 0 Å². The highest BCUT2D eigenvalue weighted by Crippen LogP contribution is 2.36. The van der Waals surface area contributed by atoms with Crippen molar-refractivity contribution < 1.29 is 33.3 Å². The lowest BCUT2D eigenvalue weighted by molar-refractivity contribution is -0.167. The van der Waals surface area contributed by atoms with Crippen LogP contribution in [0.4, 0.5) is 0 Å². The zero-order valence-electron chi connectivity index (χ0n) is 26.6. The maximum absolute atomic E-state index is 13.5. The van der Waals surface area contributed by atoms with E-state index in [1.165, 1.54) is 6.42 Å². The van der Waals surface area contributed by atoms with Gasteiger partial charge in [-0.3, -0.25) is 9.59 Å². The molecule has 41 heavy (non-hydrogen) atoms. The smallest absolute Gasteiger partial charge is 0.311 e. The van der Waals surface area contributed by atoms with Gasteiger partial charge in [-0.25, -0.2) is 0 Å². The lowest BCUT2D eigenvalue weighted by Crippen LogP contribution is -2.39. The van der Waals surface area contributed by atoms with Crippen LogP contribution in [0.15, 0.2) is 0 Å². The second-order valence-electron chi connectivity index (χ2n) is 13.5. The molecule has 4 aliphatic heterocycles. The van der Waals surface area contributed by atoms with E-state index in [4.69, 9.17) is 23.7 Å². The molecule has 4 heterocycles. The van der Waals surface area contributed by atoms with Gasteiger partial charge in [0.25, 0.3) is 0 Å². The van der Waals surface area contributed by atoms with Gasteiger partial charge in [-0.05, 0) is 78.8 Å². The predicted molar refractivity (Wildman–Crippen MR) is 158 cm³/mol. The van der Waals surface area contributed by atoms with E-state index in [0.717, 1.165) is 64.2 Å². The summed E-state index contributed by atoms with van der Waals surface area (Å²) in [7, 11) is 4.31. The van der Waals surface area contributed by atoms with Crippen LogP contribution in [0.25, 0.3) is 0 Å². The summed E-state index contributed by atoms with van der Waals surface area (Å²) in [6.07, 6.45) is 11.6. The Labute approximate surface area is 248 Å². The molecule has 0 unspecified atom stereocenters. The van der Waals surface area contributed by atoms with Gasteiger partial charge in [0.1, 0.15) is 12.2 Å². The fourth-order valence-corrected chi connectivity index (χ4v) is 7.43. The van der Waals surface area contributed by atoms with Crippen LogP contribution in [0.5, 0.6) is 0 Å². The number of esters is 2. The first-order valence-corrected chi connectivity index (χ1v) is 16.7. The van der Waals surface area contributed by atoms with E-state index < -0.39 is 0 Å². The van der Waals surface area contributed by atoms with E-state index in [9.17, 15) is 9.59 Å². The molecule has 0 aromatic carbocycles. The quantitative estimate of drug-likeness (QED) is 0.316. The summed E-state index contributed by atoms with van der Waals surface area (Å²) >= 11 is 0. The molecule has 236 valence electrons. The lowest BCUT2D eigenvalue weighted by atomic mass is 9.91. The summed E-state index contributed by atoms with van der Waals surface area (Å²) < 4.78 is 31.6. The molecular formula is C33H57NO7. The first kappa shape index (κ1) is 32.7. The van der Waals surface area contributed by atoms with Gasteiger partial charge in [0.15, 0.2) is 0 Å². The van der Waals surface area contributed by atoms with Gasteiger partial charge < -0.3 is 28.6 Å². The minimum Gasteiger partial charge on any atom is -0.462 e. The Bertz CT molecular complexity index is 836. The fourth-order valence-electron chi connectivity index (χ4n) is 7.43. The Hall–Kier alpha value is -1.22. The van der Waals surface area contributed by atoms with Crippen molar-refractivity contribution in [1.82, 2.24) is 4.90 Å². The number of ether oxygens (including phenoxy) is 5. The first-order chi connectivity index (χ1) is 19.7. The number of rotatable bonds is 9. The van der Waals surface area contributed by atoms with Crippen molar-refractivity contribution in [2.45, 2.75) is 172 Å². The number of hydrogen-bond donors (Lipinski definition) is 0. The van der Waals surface area contributed by atoms with Gasteiger partial charge >= 0.3 is 11.9 Å². The molecule has 4 saturated heterocycles. The number of nitrogens with zero attached hydrogens (tertiary/aromatic N) is 1. The Morgan fingerprint density at radius 1 is 0.805 bits per heavy atom. The number of fused-ring (bicyclic) bond motifs is 4. The summed E-state index contributed by atoms with van der Waals surface area (Å²) in [5.74, 6) is -0.654. The Kier molecular flexibility index (Phi) is 12.3. The van der Waals surface area contributed by atoms with E-state index in [2.05, 4.69) is 39.8 Å². The van der Waals surface area contributed by atoms with Crippen molar-refractivity contribution in [3.8, 4) is 0 Å². The molecule has 0 aliphatic carbocycles. The van der Waals surface area contributed by atoms with E-state index in [1.54, 1.807) is 0 Å².